The van der Waals surface area contributed by atoms with E-state index >= 15 is 0 Å². The van der Waals surface area contributed by atoms with Gasteiger partial charge in [0.25, 0.3) is 5.56 Å². The number of pyridine rings is 1. The fourth-order valence-corrected chi connectivity index (χ4v) is 5.24. The summed E-state index contributed by atoms with van der Waals surface area (Å²) in [6, 6.07) is 11.6. The minimum atomic E-state index is -0.558. The smallest absolute Gasteiger partial charge is 0.291 e. The fourth-order valence-electron chi connectivity index (χ4n) is 4.11. The second kappa shape index (κ2) is 8.10. The maximum atomic E-state index is 13.7. The Labute approximate surface area is 197 Å². The normalized spacial score (nSPS) is 11.1. The summed E-state index contributed by atoms with van der Waals surface area (Å²) in [4.78, 5) is 32.2. The average molecular weight is 468 g/mol. The van der Waals surface area contributed by atoms with Crippen LogP contribution in [0.4, 0.5) is 0 Å². The van der Waals surface area contributed by atoms with Gasteiger partial charge in [0, 0.05) is 35.6 Å². The minimum absolute atomic E-state index is 0.0977. The van der Waals surface area contributed by atoms with Crippen LogP contribution < -0.4 is 11.2 Å². The monoisotopic (exact) mass is 467 g/mol. The second-order valence-electron chi connectivity index (χ2n) is 7.83. The number of hydrogen-bond donors (Lipinski definition) is 0. The number of fused-ring (bicyclic) bond motifs is 2. The molecule has 0 saturated heterocycles. The van der Waals surface area contributed by atoms with Crippen molar-refractivity contribution in [1.29, 1.82) is 10.5 Å². The van der Waals surface area contributed by atoms with E-state index in [0.29, 0.717) is 42.8 Å². The van der Waals surface area contributed by atoms with Crippen LogP contribution >= 0.6 is 11.3 Å². The van der Waals surface area contributed by atoms with Crippen molar-refractivity contribution >= 4 is 32.5 Å². The molecule has 0 atom stereocenters. The van der Waals surface area contributed by atoms with Crippen molar-refractivity contribution in [1.82, 2.24) is 23.9 Å². The molecule has 0 saturated carbocycles. The third-order valence-electron chi connectivity index (χ3n) is 5.69. The van der Waals surface area contributed by atoms with E-state index in [4.69, 9.17) is 5.26 Å². The van der Waals surface area contributed by atoms with E-state index in [0.717, 1.165) is 10.1 Å². The van der Waals surface area contributed by atoms with E-state index in [-0.39, 0.29) is 13.0 Å². The summed E-state index contributed by atoms with van der Waals surface area (Å²) in [6.45, 7) is 2.02. The Hall–Kier alpha value is -4.54. The van der Waals surface area contributed by atoms with Crippen LogP contribution in [0.5, 0.6) is 0 Å². The molecule has 0 aliphatic carbocycles. The first-order valence-electron chi connectivity index (χ1n) is 10.4. The van der Waals surface area contributed by atoms with Crippen LogP contribution in [0.3, 0.4) is 0 Å². The number of nitrogens with zero attached hydrogens (tertiary/aromatic N) is 7. The van der Waals surface area contributed by atoms with Gasteiger partial charge in [0.2, 0.25) is 0 Å². The zero-order valence-corrected chi connectivity index (χ0v) is 19.1. The van der Waals surface area contributed by atoms with Gasteiger partial charge in [-0.15, -0.1) is 11.3 Å². The average Bonchev–Trinajstić information content (AvgIpc) is 3.44. The highest BCUT2D eigenvalue weighted by Crippen LogP contribution is 2.34. The van der Waals surface area contributed by atoms with E-state index in [1.54, 1.807) is 36.3 Å². The molecule has 0 amide bonds. The topological polar surface area (TPSA) is 122 Å². The molecule has 0 aliphatic rings. The predicted octanol–water partition coefficient (Wildman–Crippen LogP) is 3.26. The lowest BCUT2D eigenvalue weighted by molar-refractivity contribution is 0.662. The lowest BCUT2D eigenvalue weighted by atomic mass is 10.0. The molecule has 0 spiro atoms. The first-order valence-corrected chi connectivity index (χ1v) is 11.2. The van der Waals surface area contributed by atoms with Gasteiger partial charge < -0.3 is 0 Å². The molecule has 0 N–H and O–H groups in total. The second-order valence-corrected chi connectivity index (χ2v) is 8.89. The van der Waals surface area contributed by atoms with E-state index in [1.165, 1.54) is 22.1 Å². The molecule has 0 fully saturated rings. The molecule has 9 nitrogen and oxygen atoms in total. The van der Waals surface area contributed by atoms with Gasteiger partial charge in [-0.2, -0.15) is 15.6 Å². The van der Waals surface area contributed by atoms with Gasteiger partial charge in [0.15, 0.2) is 0 Å². The summed E-state index contributed by atoms with van der Waals surface area (Å²) < 4.78 is 4.48. The number of nitriles is 2. The number of aryl methyl sites for hydroxylation is 3. The van der Waals surface area contributed by atoms with Crippen LogP contribution in [0.15, 0.2) is 52.4 Å². The highest BCUT2D eigenvalue weighted by Gasteiger charge is 2.21. The van der Waals surface area contributed by atoms with Crippen LogP contribution in [0, 0.1) is 29.6 Å². The molecule has 1 aromatic carbocycles. The zero-order chi connectivity index (χ0) is 24.0. The quantitative estimate of drug-likeness (QED) is 0.400. The Balaban J connectivity index is 1.87. The third-order valence-corrected chi connectivity index (χ3v) is 6.84. The van der Waals surface area contributed by atoms with Crippen LogP contribution in [-0.2, 0) is 13.6 Å². The summed E-state index contributed by atoms with van der Waals surface area (Å²) in [5.74, 6) is 0. The lowest BCUT2D eigenvalue weighted by Gasteiger charge is -2.12. The van der Waals surface area contributed by atoms with Crippen molar-refractivity contribution in [2.75, 3.05) is 0 Å². The van der Waals surface area contributed by atoms with E-state index < -0.39 is 11.2 Å². The van der Waals surface area contributed by atoms with Crippen molar-refractivity contribution < 1.29 is 0 Å². The van der Waals surface area contributed by atoms with Crippen LogP contribution in [0.1, 0.15) is 17.5 Å². The summed E-state index contributed by atoms with van der Waals surface area (Å²) in [6.07, 6.45) is 4.80. The standard InChI is InChI=1S/C24H17N7O2S/c1-14-4-5-17(15(8-14)10-26)20-9-18-22(34-20)23(32)31(24(33)30(18)7-3-6-25)19-13-27-11-16-12-28-29(2)21(16)19/h4-5,8-9,11-13H,3,7H2,1-2H3. The molecular weight excluding hydrogens is 450 g/mol. The van der Waals surface area contributed by atoms with Gasteiger partial charge >= 0.3 is 5.69 Å². The SMILES string of the molecule is Cc1ccc(-c2cc3c(s2)c(=O)n(-c2cncc4cnn(C)c24)c(=O)n3CCC#N)c(C#N)c1. The molecule has 0 bridgehead atoms. The molecule has 10 heteroatoms. The van der Waals surface area contributed by atoms with Crippen molar-refractivity contribution in [3.05, 3.63) is 74.8 Å². The van der Waals surface area contributed by atoms with Crippen molar-refractivity contribution in [2.24, 2.45) is 7.05 Å². The molecule has 5 aromatic rings. The Bertz CT molecular complexity index is 1810. The summed E-state index contributed by atoms with van der Waals surface area (Å²) in [5.41, 5.74) is 2.45. The third kappa shape index (κ3) is 3.20. The highest BCUT2D eigenvalue weighted by atomic mass is 32.1. The molecule has 166 valence electrons. The lowest BCUT2D eigenvalue weighted by Crippen LogP contribution is -2.38. The number of hydrogen-bond acceptors (Lipinski definition) is 7. The maximum Gasteiger partial charge on any atom is 0.336 e. The molecule has 4 aromatic heterocycles. The number of benzene rings is 1. The number of rotatable bonds is 4. The Morgan fingerprint density at radius 1 is 1.12 bits per heavy atom. The minimum Gasteiger partial charge on any atom is -0.291 e. The fraction of sp³-hybridized carbons (Fsp3) is 0.167. The van der Waals surface area contributed by atoms with Gasteiger partial charge in [-0.1, -0.05) is 12.1 Å². The van der Waals surface area contributed by atoms with Crippen molar-refractivity contribution in [3.63, 3.8) is 0 Å². The predicted molar refractivity (Wildman–Crippen MR) is 129 cm³/mol. The molecule has 34 heavy (non-hydrogen) atoms. The molecule has 4 heterocycles. The van der Waals surface area contributed by atoms with Gasteiger partial charge in [-0.05, 0) is 24.6 Å². The Morgan fingerprint density at radius 3 is 2.71 bits per heavy atom. The molecule has 0 unspecified atom stereocenters. The van der Waals surface area contributed by atoms with E-state index in [1.807, 2.05) is 19.1 Å². The first-order chi connectivity index (χ1) is 16.4. The summed E-state index contributed by atoms with van der Waals surface area (Å²) >= 11 is 1.22. The van der Waals surface area contributed by atoms with Gasteiger partial charge in [-0.25, -0.2) is 9.36 Å². The molecule has 5 rings (SSSR count). The molecular formula is C24H17N7O2S. The maximum absolute atomic E-state index is 13.7. The summed E-state index contributed by atoms with van der Waals surface area (Å²) in [5, 5.41) is 23.7. The molecule has 0 radical (unpaired) electrons. The van der Waals surface area contributed by atoms with Crippen molar-refractivity contribution in [3.8, 4) is 28.3 Å². The summed E-state index contributed by atoms with van der Waals surface area (Å²) in [7, 11) is 1.73. The Morgan fingerprint density at radius 2 is 1.94 bits per heavy atom. The molecule has 0 aliphatic heterocycles. The van der Waals surface area contributed by atoms with Crippen LogP contribution in [0.2, 0.25) is 0 Å². The van der Waals surface area contributed by atoms with Crippen LogP contribution in [-0.4, -0.2) is 23.9 Å². The van der Waals surface area contributed by atoms with Gasteiger partial charge in [0.1, 0.15) is 4.70 Å². The van der Waals surface area contributed by atoms with Gasteiger partial charge in [0.05, 0.1) is 53.2 Å². The van der Waals surface area contributed by atoms with E-state index in [2.05, 4.69) is 22.2 Å². The Kier molecular flexibility index (Phi) is 5.08. The first kappa shape index (κ1) is 21.3. The largest absolute Gasteiger partial charge is 0.336 e. The highest BCUT2D eigenvalue weighted by molar-refractivity contribution is 7.22. The number of aromatic nitrogens is 5. The van der Waals surface area contributed by atoms with Gasteiger partial charge in [-0.3, -0.25) is 19.0 Å². The van der Waals surface area contributed by atoms with Crippen molar-refractivity contribution in [2.45, 2.75) is 19.9 Å². The number of thiophene rings is 1. The zero-order valence-electron chi connectivity index (χ0n) is 18.3. The van der Waals surface area contributed by atoms with E-state index in [9.17, 15) is 14.9 Å². The van der Waals surface area contributed by atoms with Crippen LogP contribution in [0.25, 0.3) is 37.2 Å².